The lowest BCUT2D eigenvalue weighted by Crippen LogP contribution is -2.45. The third kappa shape index (κ3) is 3.02. The zero-order chi connectivity index (χ0) is 16.4. The van der Waals surface area contributed by atoms with E-state index in [1.165, 1.54) is 5.56 Å². The quantitative estimate of drug-likeness (QED) is 0.860. The van der Waals surface area contributed by atoms with Crippen molar-refractivity contribution in [1.82, 2.24) is 14.9 Å². The molecule has 1 amide bonds. The van der Waals surface area contributed by atoms with Crippen LogP contribution in [0.1, 0.15) is 37.3 Å². The molecule has 2 fully saturated rings. The molecule has 2 aromatic rings. The standard InChI is InChI=1S/C18H22N4OS/c23-18(22-9-2-4-16(22)15-5-10-24-13-15)14-3-1-8-21(12-14)17-11-19-6-7-20-17/h5-7,10-11,13-14,16H,1-4,8-9,12H2/t14-,16-/m0/s1. The first-order chi connectivity index (χ1) is 11.8. The van der Waals surface area contributed by atoms with Crippen molar-refractivity contribution in [2.24, 2.45) is 5.92 Å². The summed E-state index contributed by atoms with van der Waals surface area (Å²) < 4.78 is 0. The monoisotopic (exact) mass is 342 g/mol. The Morgan fingerprint density at radius 2 is 2.12 bits per heavy atom. The lowest BCUT2D eigenvalue weighted by molar-refractivity contribution is -0.136. The van der Waals surface area contributed by atoms with Gasteiger partial charge in [-0.2, -0.15) is 11.3 Å². The van der Waals surface area contributed by atoms with Gasteiger partial charge in [-0.05, 0) is 48.1 Å². The van der Waals surface area contributed by atoms with Crippen molar-refractivity contribution in [2.75, 3.05) is 24.5 Å². The van der Waals surface area contributed by atoms with Gasteiger partial charge in [0.2, 0.25) is 5.91 Å². The average Bonchev–Trinajstić information content (AvgIpc) is 3.33. The van der Waals surface area contributed by atoms with Crippen LogP contribution >= 0.6 is 11.3 Å². The van der Waals surface area contributed by atoms with Gasteiger partial charge >= 0.3 is 0 Å². The van der Waals surface area contributed by atoms with Gasteiger partial charge in [0.1, 0.15) is 5.82 Å². The summed E-state index contributed by atoms with van der Waals surface area (Å²) in [6.07, 6.45) is 9.39. The van der Waals surface area contributed by atoms with Crippen molar-refractivity contribution in [3.63, 3.8) is 0 Å². The van der Waals surface area contributed by atoms with E-state index in [0.29, 0.717) is 5.91 Å². The third-order valence-electron chi connectivity index (χ3n) is 5.11. The van der Waals surface area contributed by atoms with Crippen LogP contribution in [-0.2, 0) is 4.79 Å². The highest BCUT2D eigenvalue weighted by Crippen LogP contribution is 2.35. The van der Waals surface area contributed by atoms with Crippen LogP contribution in [0.15, 0.2) is 35.4 Å². The summed E-state index contributed by atoms with van der Waals surface area (Å²) in [5, 5.41) is 4.29. The SMILES string of the molecule is O=C([C@H]1CCCN(c2cnccn2)C1)N1CCC[C@H]1c1ccsc1. The van der Waals surface area contributed by atoms with E-state index in [0.717, 1.165) is 51.1 Å². The minimum absolute atomic E-state index is 0.0694. The number of likely N-dealkylation sites (tertiary alicyclic amines) is 1. The molecule has 0 aromatic carbocycles. The Labute approximate surface area is 146 Å². The molecule has 2 saturated heterocycles. The Morgan fingerprint density at radius 3 is 2.92 bits per heavy atom. The summed E-state index contributed by atoms with van der Waals surface area (Å²) >= 11 is 1.71. The van der Waals surface area contributed by atoms with Crippen molar-refractivity contribution in [1.29, 1.82) is 0 Å². The van der Waals surface area contributed by atoms with Gasteiger partial charge in [-0.15, -0.1) is 0 Å². The van der Waals surface area contributed by atoms with E-state index in [1.807, 2.05) is 0 Å². The number of anilines is 1. The second-order valence-electron chi connectivity index (χ2n) is 6.60. The van der Waals surface area contributed by atoms with Gasteiger partial charge in [-0.1, -0.05) is 0 Å². The van der Waals surface area contributed by atoms with Gasteiger partial charge in [0.05, 0.1) is 18.2 Å². The molecule has 2 aliphatic rings. The Hall–Kier alpha value is -1.95. The van der Waals surface area contributed by atoms with E-state index in [2.05, 4.69) is 36.6 Å². The molecule has 4 rings (SSSR count). The molecule has 6 heteroatoms. The van der Waals surface area contributed by atoms with E-state index in [9.17, 15) is 4.79 Å². The smallest absolute Gasteiger partial charge is 0.227 e. The van der Waals surface area contributed by atoms with Gasteiger partial charge in [-0.25, -0.2) is 4.98 Å². The van der Waals surface area contributed by atoms with E-state index < -0.39 is 0 Å². The number of carbonyl (C=O) groups excluding carboxylic acids is 1. The molecular weight excluding hydrogens is 320 g/mol. The van der Waals surface area contributed by atoms with Gasteiger partial charge in [0.15, 0.2) is 0 Å². The Balaban J connectivity index is 1.47. The third-order valence-corrected chi connectivity index (χ3v) is 5.81. The van der Waals surface area contributed by atoms with Crippen LogP contribution in [0.3, 0.4) is 0 Å². The summed E-state index contributed by atoms with van der Waals surface area (Å²) in [6, 6.07) is 2.43. The van der Waals surface area contributed by atoms with Crippen molar-refractivity contribution in [3.05, 3.63) is 41.0 Å². The number of piperidine rings is 1. The summed E-state index contributed by atoms with van der Waals surface area (Å²) in [4.78, 5) is 26.0. The molecule has 2 atom stereocenters. The zero-order valence-electron chi connectivity index (χ0n) is 13.7. The van der Waals surface area contributed by atoms with Crippen LogP contribution < -0.4 is 4.90 Å². The van der Waals surface area contributed by atoms with Crippen molar-refractivity contribution in [2.45, 2.75) is 31.7 Å². The van der Waals surface area contributed by atoms with Crippen LogP contribution in [0.25, 0.3) is 0 Å². The fraction of sp³-hybridized carbons (Fsp3) is 0.500. The van der Waals surface area contributed by atoms with E-state index in [-0.39, 0.29) is 12.0 Å². The Kier molecular flexibility index (Phi) is 4.47. The maximum absolute atomic E-state index is 13.1. The summed E-state index contributed by atoms with van der Waals surface area (Å²) in [7, 11) is 0. The first-order valence-corrected chi connectivity index (χ1v) is 9.61. The van der Waals surface area contributed by atoms with Crippen LogP contribution in [0.4, 0.5) is 5.82 Å². The van der Waals surface area contributed by atoms with Crippen LogP contribution in [0.2, 0.25) is 0 Å². The number of amides is 1. The summed E-state index contributed by atoms with van der Waals surface area (Å²) in [5.41, 5.74) is 1.30. The average molecular weight is 342 g/mol. The molecule has 0 N–H and O–H groups in total. The fourth-order valence-electron chi connectivity index (χ4n) is 3.92. The van der Waals surface area contributed by atoms with Gasteiger partial charge in [0, 0.05) is 32.0 Å². The number of aromatic nitrogens is 2. The first-order valence-electron chi connectivity index (χ1n) is 8.66. The topological polar surface area (TPSA) is 49.3 Å². The molecule has 2 aromatic heterocycles. The zero-order valence-corrected chi connectivity index (χ0v) is 14.5. The van der Waals surface area contributed by atoms with E-state index in [1.54, 1.807) is 29.9 Å². The van der Waals surface area contributed by atoms with Crippen molar-refractivity contribution >= 4 is 23.1 Å². The molecule has 2 aliphatic heterocycles. The second kappa shape index (κ2) is 6.89. The van der Waals surface area contributed by atoms with Gasteiger partial charge in [-0.3, -0.25) is 9.78 Å². The fourth-order valence-corrected chi connectivity index (χ4v) is 4.62. The molecule has 126 valence electrons. The largest absolute Gasteiger partial charge is 0.355 e. The first kappa shape index (κ1) is 15.6. The summed E-state index contributed by atoms with van der Waals surface area (Å²) in [5.74, 6) is 1.27. The number of carbonyl (C=O) groups is 1. The molecule has 0 unspecified atom stereocenters. The Bertz CT molecular complexity index is 676. The number of nitrogens with zero attached hydrogens (tertiary/aromatic N) is 4. The second-order valence-corrected chi connectivity index (χ2v) is 7.38. The van der Waals surface area contributed by atoms with Gasteiger partial charge in [0.25, 0.3) is 0 Å². The highest BCUT2D eigenvalue weighted by molar-refractivity contribution is 7.07. The highest BCUT2D eigenvalue weighted by atomic mass is 32.1. The van der Waals surface area contributed by atoms with E-state index in [4.69, 9.17) is 0 Å². The molecule has 24 heavy (non-hydrogen) atoms. The molecule has 4 heterocycles. The maximum atomic E-state index is 13.1. The predicted octanol–water partition coefficient (Wildman–Crippen LogP) is 3.12. The molecule has 0 spiro atoms. The molecule has 0 bridgehead atoms. The van der Waals surface area contributed by atoms with Crippen molar-refractivity contribution < 1.29 is 4.79 Å². The van der Waals surface area contributed by atoms with Crippen LogP contribution in [0.5, 0.6) is 0 Å². The predicted molar refractivity (Wildman–Crippen MR) is 95.0 cm³/mol. The van der Waals surface area contributed by atoms with Crippen LogP contribution in [-0.4, -0.2) is 40.4 Å². The minimum atomic E-state index is 0.0694. The maximum Gasteiger partial charge on any atom is 0.227 e. The lowest BCUT2D eigenvalue weighted by atomic mass is 9.95. The lowest BCUT2D eigenvalue weighted by Gasteiger charge is -2.36. The van der Waals surface area contributed by atoms with Crippen molar-refractivity contribution in [3.8, 4) is 0 Å². The van der Waals surface area contributed by atoms with E-state index >= 15 is 0 Å². The molecule has 5 nitrogen and oxygen atoms in total. The number of thiophene rings is 1. The normalized spacial score (nSPS) is 24.3. The number of rotatable bonds is 3. The molecule has 0 radical (unpaired) electrons. The Morgan fingerprint density at radius 1 is 1.21 bits per heavy atom. The highest BCUT2D eigenvalue weighted by Gasteiger charge is 2.36. The molecular formula is C18H22N4OS. The number of hydrogen-bond donors (Lipinski definition) is 0. The summed E-state index contributed by atoms with van der Waals surface area (Å²) in [6.45, 7) is 2.60. The molecule has 0 aliphatic carbocycles. The number of hydrogen-bond acceptors (Lipinski definition) is 5. The van der Waals surface area contributed by atoms with Crippen LogP contribution in [0, 0.1) is 5.92 Å². The molecule has 0 saturated carbocycles. The minimum Gasteiger partial charge on any atom is -0.355 e. The van der Waals surface area contributed by atoms with Gasteiger partial charge < -0.3 is 9.80 Å².